The van der Waals surface area contributed by atoms with Gasteiger partial charge in [-0.1, -0.05) is 28.1 Å². The molecular weight excluding hydrogens is 228 g/mol. The van der Waals surface area contributed by atoms with E-state index in [1.54, 1.807) is 24.3 Å². The number of rotatable bonds is 1. The summed E-state index contributed by atoms with van der Waals surface area (Å²) in [6.07, 6.45) is 0. The largest absolute Gasteiger partial charge is 0.214 e. The van der Waals surface area contributed by atoms with Crippen molar-refractivity contribution < 1.29 is 8.42 Å². The topological polar surface area (TPSA) is 34.1 Å². The van der Waals surface area contributed by atoms with E-state index >= 15 is 0 Å². The van der Waals surface area contributed by atoms with Crippen molar-refractivity contribution >= 4 is 31.6 Å². The van der Waals surface area contributed by atoms with Crippen LogP contribution in [-0.4, -0.2) is 13.8 Å². The molecule has 0 amide bonds. The van der Waals surface area contributed by atoms with Crippen molar-refractivity contribution in [2.24, 2.45) is 0 Å². The van der Waals surface area contributed by atoms with Crippen molar-refractivity contribution in [1.82, 2.24) is 0 Å². The highest BCUT2D eigenvalue weighted by molar-refractivity contribution is 9.10. The van der Waals surface area contributed by atoms with Crippen LogP contribution in [0.3, 0.4) is 0 Å². The van der Waals surface area contributed by atoms with Crippen LogP contribution in [0.25, 0.3) is 0 Å². The van der Waals surface area contributed by atoms with Crippen LogP contribution in [0.5, 0.6) is 0 Å². The lowest BCUT2D eigenvalue weighted by atomic mass is 10.2. The SMILES string of the molecule is O=S(=O)=Cc1ccc(Br)cc1. The molecule has 11 heavy (non-hydrogen) atoms. The lowest BCUT2D eigenvalue weighted by Gasteiger charge is -1.89. The van der Waals surface area contributed by atoms with E-state index in [0.717, 1.165) is 9.84 Å². The summed E-state index contributed by atoms with van der Waals surface area (Å²) >= 11 is 3.24. The third-order valence-corrected chi connectivity index (χ3v) is 2.10. The number of halogens is 1. The van der Waals surface area contributed by atoms with Crippen LogP contribution in [0.15, 0.2) is 28.7 Å². The fraction of sp³-hybridized carbons (Fsp3) is 0. The maximum absolute atomic E-state index is 10.2. The summed E-state index contributed by atoms with van der Waals surface area (Å²) in [5.74, 6) is 0. The Morgan fingerprint density at radius 3 is 2.18 bits per heavy atom. The van der Waals surface area contributed by atoms with Gasteiger partial charge in [0.2, 0.25) is 10.3 Å². The zero-order chi connectivity index (χ0) is 8.27. The molecule has 0 aromatic heterocycles. The molecule has 0 atom stereocenters. The Hall–Kier alpha value is -0.610. The summed E-state index contributed by atoms with van der Waals surface area (Å²) in [5.41, 5.74) is 0.682. The molecule has 0 N–H and O–H groups in total. The molecule has 58 valence electrons. The average Bonchev–Trinajstić information content (AvgIpc) is 1.93. The third-order valence-electron chi connectivity index (χ3n) is 1.10. The summed E-state index contributed by atoms with van der Waals surface area (Å²) < 4.78 is 21.3. The minimum absolute atomic E-state index is 0.682. The second kappa shape index (κ2) is 3.69. The fourth-order valence-corrected chi connectivity index (χ4v) is 1.30. The van der Waals surface area contributed by atoms with Crippen LogP contribution in [0.4, 0.5) is 0 Å². The zero-order valence-corrected chi connectivity index (χ0v) is 7.89. The van der Waals surface area contributed by atoms with Crippen LogP contribution in [-0.2, 0) is 10.3 Å². The first kappa shape index (κ1) is 8.49. The van der Waals surface area contributed by atoms with E-state index in [1.807, 2.05) is 0 Å². The first-order chi connectivity index (χ1) is 5.18. The Balaban J connectivity index is 3.09. The Morgan fingerprint density at radius 1 is 1.18 bits per heavy atom. The molecule has 0 fully saturated rings. The van der Waals surface area contributed by atoms with Gasteiger partial charge in [0.05, 0.1) is 5.37 Å². The smallest absolute Gasteiger partial charge is 0.185 e. The Morgan fingerprint density at radius 2 is 1.73 bits per heavy atom. The van der Waals surface area contributed by atoms with Crippen molar-refractivity contribution in [2.45, 2.75) is 0 Å². The van der Waals surface area contributed by atoms with Crippen molar-refractivity contribution in [3.05, 3.63) is 34.3 Å². The molecule has 1 rings (SSSR count). The Labute approximate surface area is 74.5 Å². The maximum Gasteiger partial charge on any atom is 0.214 e. The molecule has 0 saturated heterocycles. The number of hydrogen-bond acceptors (Lipinski definition) is 2. The van der Waals surface area contributed by atoms with Gasteiger partial charge in [-0.25, -0.2) is 0 Å². The molecule has 1 aromatic carbocycles. The summed E-state index contributed by atoms with van der Waals surface area (Å²) in [7, 11) is -2.11. The number of hydrogen-bond donors (Lipinski definition) is 0. The first-order valence-electron chi connectivity index (χ1n) is 2.87. The van der Waals surface area contributed by atoms with Gasteiger partial charge in [-0.15, -0.1) is 0 Å². The van der Waals surface area contributed by atoms with E-state index < -0.39 is 10.3 Å². The predicted octanol–water partition coefficient (Wildman–Crippen LogP) is 1.48. The van der Waals surface area contributed by atoms with Crippen molar-refractivity contribution in [3.8, 4) is 0 Å². The summed E-state index contributed by atoms with van der Waals surface area (Å²) in [5, 5.41) is 1.16. The van der Waals surface area contributed by atoms with Crippen molar-refractivity contribution in [1.29, 1.82) is 0 Å². The molecule has 2 nitrogen and oxygen atoms in total. The zero-order valence-electron chi connectivity index (χ0n) is 5.49. The normalized spacial score (nSPS) is 9.18. The van der Waals surface area contributed by atoms with Gasteiger partial charge < -0.3 is 0 Å². The minimum Gasteiger partial charge on any atom is -0.185 e. The van der Waals surface area contributed by atoms with E-state index in [1.165, 1.54) is 0 Å². The standard InChI is InChI=1S/C7H5BrO2S/c8-7-3-1-6(2-4-7)5-11(9)10/h1-5H. The van der Waals surface area contributed by atoms with Gasteiger partial charge in [0, 0.05) is 4.47 Å². The van der Waals surface area contributed by atoms with E-state index in [-0.39, 0.29) is 0 Å². The highest BCUT2D eigenvalue weighted by atomic mass is 79.9. The van der Waals surface area contributed by atoms with Crippen molar-refractivity contribution in [2.75, 3.05) is 0 Å². The average molecular weight is 233 g/mol. The summed E-state index contributed by atoms with van der Waals surface area (Å²) in [6.45, 7) is 0. The van der Waals surface area contributed by atoms with Gasteiger partial charge >= 0.3 is 0 Å². The molecule has 0 spiro atoms. The molecular formula is C7H5BrO2S. The second-order valence-electron chi connectivity index (χ2n) is 1.93. The minimum atomic E-state index is -2.11. The Bertz CT molecular complexity index is 356. The molecule has 0 unspecified atom stereocenters. The predicted molar refractivity (Wildman–Crippen MR) is 48.2 cm³/mol. The quantitative estimate of drug-likeness (QED) is 0.688. The van der Waals surface area contributed by atoms with Crippen molar-refractivity contribution in [3.63, 3.8) is 0 Å². The van der Waals surface area contributed by atoms with E-state index in [0.29, 0.717) is 5.56 Å². The monoisotopic (exact) mass is 232 g/mol. The number of benzene rings is 1. The fourth-order valence-electron chi connectivity index (χ4n) is 0.652. The molecule has 0 radical (unpaired) electrons. The van der Waals surface area contributed by atoms with Crippen LogP contribution in [0.1, 0.15) is 5.56 Å². The lowest BCUT2D eigenvalue weighted by Crippen LogP contribution is -1.79. The van der Waals surface area contributed by atoms with Crippen LogP contribution >= 0.6 is 15.9 Å². The summed E-state index contributed by atoms with van der Waals surface area (Å²) in [6, 6.07) is 7.02. The van der Waals surface area contributed by atoms with E-state index in [2.05, 4.69) is 15.9 Å². The Kier molecular flexibility index (Phi) is 2.84. The highest BCUT2D eigenvalue weighted by Gasteiger charge is 1.87. The van der Waals surface area contributed by atoms with Gasteiger partial charge in [0.15, 0.2) is 0 Å². The molecule has 1 aromatic rings. The highest BCUT2D eigenvalue weighted by Crippen LogP contribution is 2.08. The molecule has 0 aliphatic carbocycles. The molecule has 0 saturated carbocycles. The maximum atomic E-state index is 10.2. The molecule has 4 heteroatoms. The van der Waals surface area contributed by atoms with Gasteiger partial charge in [0.1, 0.15) is 0 Å². The van der Waals surface area contributed by atoms with Gasteiger partial charge in [-0.2, -0.15) is 8.42 Å². The molecule has 0 heterocycles. The van der Waals surface area contributed by atoms with E-state index in [4.69, 9.17) is 0 Å². The van der Waals surface area contributed by atoms with Crippen LogP contribution in [0.2, 0.25) is 0 Å². The van der Waals surface area contributed by atoms with E-state index in [9.17, 15) is 8.42 Å². The lowest BCUT2D eigenvalue weighted by molar-refractivity contribution is 0.627. The molecule has 0 bridgehead atoms. The first-order valence-corrected chi connectivity index (χ1v) is 4.80. The van der Waals surface area contributed by atoms with Gasteiger partial charge in [0.25, 0.3) is 0 Å². The van der Waals surface area contributed by atoms with Gasteiger partial charge in [-0.05, 0) is 17.7 Å². The molecule has 0 aliphatic rings. The van der Waals surface area contributed by atoms with Crippen LogP contribution < -0.4 is 0 Å². The van der Waals surface area contributed by atoms with Crippen LogP contribution in [0, 0.1) is 0 Å². The molecule has 0 aliphatic heterocycles. The second-order valence-corrected chi connectivity index (χ2v) is 3.60. The summed E-state index contributed by atoms with van der Waals surface area (Å²) in [4.78, 5) is 0. The van der Waals surface area contributed by atoms with Gasteiger partial charge in [-0.3, -0.25) is 0 Å². The third kappa shape index (κ3) is 2.86.